The lowest BCUT2D eigenvalue weighted by Crippen LogP contribution is -1.90. The van der Waals surface area contributed by atoms with E-state index in [-0.39, 0.29) is 17.4 Å². The summed E-state index contributed by atoms with van der Waals surface area (Å²) >= 11 is 5.91. The third-order valence-electron chi connectivity index (χ3n) is 3.30. The van der Waals surface area contributed by atoms with Gasteiger partial charge >= 0.3 is 0 Å². The van der Waals surface area contributed by atoms with Crippen molar-refractivity contribution < 1.29 is 10.2 Å². The fraction of sp³-hybridized carbons (Fsp3) is 0.235. The summed E-state index contributed by atoms with van der Waals surface area (Å²) in [6.45, 7) is 5.91. The van der Waals surface area contributed by atoms with Crippen LogP contribution in [0.4, 0.5) is 5.69 Å². The van der Waals surface area contributed by atoms with Crippen molar-refractivity contribution in [1.29, 1.82) is 0 Å². The Bertz CT molecular complexity index is 693. The van der Waals surface area contributed by atoms with Crippen LogP contribution in [0.5, 0.6) is 11.5 Å². The highest BCUT2D eigenvalue weighted by molar-refractivity contribution is 6.30. The van der Waals surface area contributed by atoms with Crippen LogP contribution in [-0.2, 0) is 0 Å². The smallest absolute Gasteiger partial charge is 0.124 e. The van der Waals surface area contributed by atoms with Crippen LogP contribution in [-0.4, -0.2) is 16.4 Å². The number of nitrogens with zero attached hydrogens (tertiary/aromatic N) is 1. The van der Waals surface area contributed by atoms with Crippen LogP contribution in [0.1, 0.15) is 36.5 Å². The van der Waals surface area contributed by atoms with Crippen molar-refractivity contribution in [2.45, 2.75) is 26.7 Å². The van der Waals surface area contributed by atoms with Crippen molar-refractivity contribution in [2.75, 3.05) is 0 Å². The quantitative estimate of drug-likeness (QED) is 0.790. The second kappa shape index (κ2) is 6.19. The fourth-order valence-corrected chi connectivity index (χ4v) is 2.25. The zero-order valence-corrected chi connectivity index (χ0v) is 13.0. The minimum absolute atomic E-state index is 0.128. The molecule has 21 heavy (non-hydrogen) atoms. The summed E-state index contributed by atoms with van der Waals surface area (Å²) in [6.07, 6.45) is 1.57. The van der Waals surface area contributed by atoms with Crippen LogP contribution in [0.2, 0.25) is 5.02 Å². The van der Waals surface area contributed by atoms with Gasteiger partial charge in [-0.25, -0.2) is 0 Å². The molecule has 0 saturated carbocycles. The molecular formula is C17H18ClNO2. The van der Waals surface area contributed by atoms with E-state index in [1.807, 2.05) is 26.8 Å². The van der Waals surface area contributed by atoms with Gasteiger partial charge in [0.05, 0.1) is 5.69 Å². The normalized spacial score (nSPS) is 11.5. The van der Waals surface area contributed by atoms with Gasteiger partial charge in [-0.15, -0.1) is 0 Å². The van der Waals surface area contributed by atoms with E-state index in [0.717, 1.165) is 16.8 Å². The van der Waals surface area contributed by atoms with Crippen molar-refractivity contribution >= 4 is 23.5 Å². The third-order valence-corrected chi connectivity index (χ3v) is 3.53. The molecule has 0 bridgehead atoms. The first kappa shape index (κ1) is 15.4. The van der Waals surface area contributed by atoms with Crippen LogP contribution in [0.15, 0.2) is 35.3 Å². The molecule has 110 valence electrons. The maximum Gasteiger partial charge on any atom is 0.124 e. The van der Waals surface area contributed by atoms with Crippen LogP contribution in [0.3, 0.4) is 0 Å². The van der Waals surface area contributed by atoms with Crippen molar-refractivity contribution in [1.82, 2.24) is 0 Å². The number of aromatic hydroxyl groups is 2. The number of rotatable bonds is 3. The lowest BCUT2D eigenvalue weighted by Gasteiger charge is -2.11. The maximum absolute atomic E-state index is 9.94. The molecule has 0 fully saturated rings. The highest BCUT2D eigenvalue weighted by atomic mass is 35.5. The first-order valence-electron chi connectivity index (χ1n) is 6.74. The Morgan fingerprint density at radius 3 is 2.48 bits per heavy atom. The van der Waals surface area contributed by atoms with Crippen molar-refractivity contribution in [3.8, 4) is 11.5 Å². The van der Waals surface area contributed by atoms with E-state index < -0.39 is 0 Å². The van der Waals surface area contributed by atoms with Crippen molar-refractivity contribution in [3.63, 3.8) is 0 Å². The highest BCUT2D eigenvalue weighted by Gasteiger charge is 2.09. The summed E-state index contributed by atoms with van der Waals surface area (Å²) in [5.41, 5.74) is 3.04. The van der Waals surface area contributed by atoms with Gasteiger partial charge in [-0.2, -0.15) is 0 Å². The van der Waals surface area contributed by atoms with Gasteiger partial charge < -0.3 is 10.2 Å². The molecule has 2 N–H and O–H groups in total. The highest BCUT2D eigenvalue weighted by Crippen LogP contribution is 2.32. The summed E-state index contributed by atoms with van der Waals surface area (Å²) in [4.78, 5) is 4.41. The fourth-order valence-electron chi connectivity index (χ4n) is 2.07. The van der Waals surface area contributed by atoms with Gasteiger partial charge in [0.2, 0.25) is 0 Å². The first-order valence-corrected chi connectivity index (χ1v) is 7.12. The molecule has 0 unspecified atom stereocenters. The van der Waals surface area contributed by atoms with Gasteiger partial charge in [-0.1, -0.05) is 25.4 Å². The van der Waals surface area contributed by atoms with Crippen molar-refractivity contribution in [3.05, 3.63) is 52.0 Å². The molecule has 0 heterocycles. The number of hydrogen-bond donors (Lipinski definition) is 2. The Kier molecular flexibility index (Phi) is 4.53. The molecule has 0 saturated heterocycles. The lowest BCUT2D eigenvalue weighted by atomic mass is 9.99. The molecular weight excluding hydrogens is 286 g/mol. The zero-order valence-electron chi connectivity index (χ0n) is 12.3. The molecule has 0 aliphatic carbocycles. The van der Waals surface area contributed by atoms with Crippen LogP contribution < -0.4 is 0 Å². The molecule has 3 nitrogen and oxygen atoms in total. The second-order valence-corrected chi connectivity index (χ2v) is 5.75. The van der Waals surface area contributed by atoms with E-state index >= 15 is 0 Å². The topological polar surface area (TPSA) is 52.8 Å². The molecule has 2 rings (SSSR count). The second-order valence-electron chi connectivity index (χ2n) is 5.31. The van der Waals surface area contributed by atoms with E-state index in [9.17, 15) is 10.2 Å². The van der Waals surface area contributed by atoms with E-state index in [1.165, 1.54) is 6.07 Å². The first-order chi connectivity index (χ1) is 9.88. The molecule has 0 aliphatic heterocycles. The van der Waals surface area contributed by atoms with Crippen molar-refractivity contribution in [2.24, 2.45) is 4.99 Å². The number of phenols is 2. The standard InChI is InChI=1S/C17H18ClNO2/c1-10(2)14-8-15(11(3)6-17(14)21)19-9-12-7-13(18)4-5-16(12)20/h4-10,20-21H,1-3H3. The van der Waals surface area contributed by atoms with Gasteiger partial charge in [0.25, 0.3) is 0 Å². The molecule has 0 aromatic heterocycles. The summed E-state index contributed by atoms with van der Waals surface area (Å²) < 4.78 is 0. The SMILES string of the molecule is Cc1cc(O)c(C(C)C)cc1N=Cc1cc(Cl)ccc1O. The van der Waals surface area contributed by atoms with E-state index in [0.29, 0.717) is 10.6 Å². The summed E-state index contributed by atoms with van der Waals surface area (Å²) in [6, 6.07) is 8.39. The van der Waals surface area contributed by atoms with Crippen LogP contribution in [0, 0.1) is 6.92 Å². The van der Waals surface area contributed by atoms with Crippen LogP contribution >= 0.6 is 11.6 Å². The largest absolute Gasteiger partial charge is 0.508 e. The number of phenolic OH excluding ortho intramolecular Hbond substituents is 2. The van der Waals surface area contributed by atoms with E-state index in [2.05, 4.69) is 4.99 Å². The number of halogens is 1. The molecule has 0 atom stereocenters. The number of aryl methyl sites for hydroxylation is 1. The molecule has 0 spiro atoms. The van der Waals surface area contributed by atoms with Gasteiger partial charge in [-0.3, -0.25) is 4.99 Å². The molecule has 0 radical (unpaired) electrons. The summed E-state index contributed by atoms with van der Waals surface area (Å²) in [7, 11) is 0. The minimum atomic E-state index is 0.128. The Balaban J connectivity index is 2.41. The summed E-state index contributed by atoms with van der Waals surface area (Å²) in [5.74, 6) is 0.620. The maximum atomic E-state index is 9.94. The Hall–Kier alpha value is -2.00. The number of aliphatic imine (C=N–C) groups is 1. The Morgan fingerprint density at radius 1 is 1.10 bits per heavy atom. The van der Waals surface area contributed by atoms with Gasteiger partial charge in [-0.05, 0) is 54.3 Å². The molecule has 0 aliphatic rings. The Labute approximate surface area is 129 Å². The third kappa shape index (κ3) is 3.56. The molecule has 2 aromatic carbocycles. The van der Waals surface area contributed by atoms with Crippen LogP contribution in [0.25, 0.3) is 0 Å². The molecule has 0 amide bonds. The van der Waals surface area contributed by atoms with Gasteiger partial charge in [0.15, 0.2) is 0 Å². The van der Waals surface area contributed by atoms with E-state index in [4.69, 9.17) is 11.6 Å². The van der Waals surface area contributed by atoms with Gasteiger partial charge in [0.1, 0.15) is 11.5 Å². The number of hydrogen-bond acceptors (Lipinski definition) is 3. The number of benzene rings is 2. The average molecular weight is 304 g/mol. The van der Waals surface area contributed by atoms with E-state index in [1.54, 1.807) is 24.4 Å². The monoisotopic (exact) mass is 303 g/mol. The zero-order chi connectivity index (χ0) is 15.6. The van der Waals surface area contributed by atoms with Gasteiger partial charge in [0, 0.05) is 16.8 Å². The predicted octanol–water partition coefficient (Wildman–Crippen LogP) is 4.93. The Morgan fingerprint density at radius 2 is 1.81 bits per heavy atom. The average Bonchev–Trinajstić information content (AvgIpc) is 2.41. The summed E-state index contributed by atoms with van der Waals surface area (Å²) in [5, 5.41) is 20.3. The lowest BCUT2D eigenvalue weighted by molar-refractivity contribution is 0.464. The molecule has 2 aromatic rings. The molecule has 4 heteroatoms. The predicted molar refractivity (Wildman–Crippen MR) is 87.3 cm³/mol. The minimum Gasteiger partial charge on any atom is -0.508 e.